The number of carboxylic acid groups (broad SMARTS) is 1. The lowest BCUT2D eigenvalue weighted by Gasteiger charge is -2.34. The number of nitriles is 1. The summed E-state index contributed by atoms with van der Waals surface area (Å²) in [4.78, 5) is 10.8. The number of aliphatic carboxylic acids is 1. The van der Waals surface area contributed by atoms with E-state index in [0.29, 0.717) is 5.92 Å². The molecule has 0 aromatic carbocycles. The van der Waals surface area contributed by atoms with Crippen LogP contribution in [0.2, 0.25) is 0 Å². The smallest absolute Gasteiger partial charge is 0.346 e. The van der Waals surface area contributed by atoms with Gasteiger partial charge >= 0.3 is 5.97 Å². The van der Waals surface area contributed by atoms with Crippen molar-refractivity contribution in [1.82, 2.24) is 0 Å². The van der Waals surface area contributed by atoms with Crippen LogP contribution in [0.1, 0.15) is 26.7 Å². The molecule has 0 bridgehead atoms. The van der Waals surface area contributed by atoms with Crippen LogP contribution < -0.4 is 0 Å². The largest absolute Gasteiger partial charge is 0.477 e. The molecule has 1 aliphatic rings. The maximum atomic E-state index is 10.8. The number of carboxylic acids is 1. The first kappa shape index (κ1) is 12.7. The van der Waals surface area contributed by atoms with Crippen LogP contribution in [0.25, 0.3) is 0 Å². The molecule has 1 rings (SSSR count). The van der Waals surface area contributed by atoms with Gasteiger partial charge in [-0.15, -0.1) is 0 Å². The Morgan fingerprint density at radius 2 is 2.06 bits per heavy atom. The Balaban J connectivity index is 2.83. The minimum atomic E-state index is -1.15. The van der Waals surface area contributed by atoms with Gasteiger partial charge in [0.2, 0.25) is 0 Å². The Hall–Kier alpha value is -1.34. The molecule has 88 valence electrons. The van der Waals surface area contributed by atoms with Gasteiger partial charge in [-0.25, -0.2) is 4.79 Å². The molecule has 1 N–H and O–H groups in total. The van der Waals surface area contributed by atoms with E-state index in [4.69, 9.17) is 15.1 Å². The molecular weight excluding hydrogens is 206 g/mol. The van der Waals surface area contributed by atoms with Crippen molar-refractivity contribution in [3.63, 3.8) is 0 Å². The third kappa shape index (κ3) is 3.07. The highest BCUT2D eigenvalue weighted by molar-refractivity contribution is 5.91. The maximum absolute atomic E-state index is 10.8. The number of hydrogen-bond donors (Lipinski definition) is 1. The fourth-order valence-corrected chi connectivity index (χ4v) is 2.07. The second-order valence-corrected chi connectivity index (χ2v) is 4.68. The Bertz CT molecular complexity index is 333. The molecule has 1 heterocycles. The summed E-state index contributed by atoms with van der Waals surface area (Å²) in [5.74, 6) is -0.772. The van der Waals surface area contributed by atoms with E-state index >= 15 is 0 Å². The Morgan fingerprint density at radius 1 is 1.50 bits per heavy atom. The summed E-state index contributed by atoms with van der Waals surface area (Å²) in [6.07, 6.45) is 3.41. The molecule has 0 aliphatic carbocycles. The lowest BCUT2D eigenvalue weighted by atomic mass is 9.74. The molecule has 0 amide bonds. The molecule has 0 unspecified atom stereocenters. The molecule has 0 aromatic rings. The predicted octanol–water partition coefficient (Wildman–Crippen LogP) is 1.97. The molecule has 0 atom stereocenters. The van der Waals surface area contributed by atoms with Crippen LogP contribution in [0.3, 0.4) is 0 Å². The first-order chi connectivity index (χ1) is 7.47. The minimum absolute atomic E-state index is 0.170. The topological polar surface area (TPSA) is 70.3 Å². The van der Waals surface area contributed by atoms with Crippen LogP contribution in [0.4, 0.5) is 0 Å². The average Bonchev–Trinajstić information content (AvgIpc) is 2.27. The van der Waals surface area contributed by atoms with Crippen LogP contribution in [-0.4, -0.2) is 24.3 Å². The summed E-state index contributed by atoms with van der Waals surface area (Å²) in [6, 6.07) is 1.73. The summed E-state index contributed by atoms with van der Waals surface area (Å²) < 4.78 is 5.27. The number of rotatable bonds is 3. The average molecular weight is 223 g/mol. The molecule has 1 saturated heterocycles. The quantitative estimate of drug-likeness (QED) is 0.586. The highest BCUT2D eigenvalue weighted by atomic mass is 16.5. The predicted molar refractivity (Wildman–Crippen MR) is 58.7 cm³/mol. The Morgan fingerprint density at radius 3 is 2.50 bits per heavy atom. The lowest BCUT2D eigenvalue weighted by molar-refractivity contribution is -0.132. The second-order valence-electron chi connectivity index (χ2n) is 4.68. The van der Waals surface area contributed by atoms with Gasteiger partial charge in [0.15, 0.2) is 0 Å². The van der Waals surface area contributed by atoms with E-state index in [9.17, 15) is 4.79 Å². The van der Waals surface area contributed by atoms with E-state index in [-0.39, 0.29) is 11.0 Å². The Labute approximate surface area is 95.5 Å². The van der Waals surface area contributed by atoms with Crippen LogP contribution in [0.15, 0.2) is 11.6 Å². The van der Waals surface area contributed by atoms with Crippen molar-refractivity contribution in [2.45, 2.75) is 26.7 Å². The minimum Gasteiger partial charge on any atom is -0.477 e. The third-order valence-corrected chi connectivity index (χ3v) is 3.14. The van der Waals surface area contributed by atoms with E-state index in [2.05, 4.69) is 0 Å². The van der Waals surface area contributed by atoms with Gasteiger partial charge in [0.25, 0.3) is 0 Å². The second kappa shape index (κ2) is 5.13. The molecule has 1 aliphatic heterocycles. The van der Waals surface area contributed by atoms with Gasteiger partial charge in [-0.2, -0.15) is 5.26 Å². The van der Waals surface area contributed by atoms with E-state index in [1.165, 1.54) is 0 Å². The standard InChI is InChI=1S/C12H17NO3/c1-12(2,7-9(8-13)11(14)15)10-3-5-16-6-4-10/h7,10H,3-6H2,1-2H3,(H,14,15)/b9-7+. The molecule has 0 spiro atoms. The molecule has 4 heteroatoms. The molecule has 0 radical (unpaired) electrons. The van der Waals surface area contributed by atoms with Gasteiger partial charge in [-0.3, -0.25) is 0 Å². The van der Waals surface area contributed by atoms with Crippen LogP contribution in [0.5, 0.6) is 0 Å². The normalized spacial score (nSPS) is 19.2. The van der Waals surface area contributed by atoms with E-state index in [0.717, 1.165) is 26.1 Å². The number of hydrogen-bond acceptors (Lipinski definition) is 3. The van der Waals surface area contributed by atoms with Crippen molar-refractivity contribution in [2.24, 2.45) is 11.3 Å². The molecule has 1 fully saturated rings. The van der Waals surface area contributed by atoms with Crippen LogP contribution >= 0.6 is 0 Å². The zero-order valence-electron chi connectivity index (χ0n) is 9.69. The van der Waals surface area contributed by atoms with Gasteiger partial charge in [0.05, 0.1) is 0 Å². The molecule has 0 aromatic heterocycles. The van der Waals surface area contributed by atoms with Gasteiger partial charge in [-0.1, -0.05) is 19.9 Å². The van der Waals surface area contributed by atoms with Crippen molar-refractivity contribution < 1.29 is 14.6 Å². The van der Waals surface area contributed by atoms with Crippen LogP contribution in [0, 0.1) is 22.7 Å². The number of allylic oxidation sites excluding steroid dienone is 1. The Kier molecular flexibility index (Phi) is 4.08. The SMILES string of the molecule is CC(C)(/C=C(\C#N)C(=O)O)C1CCOCC1. The summed E-state index contributed by atoms with van der Waals surface area (Å²) >= 11 is 0. The fourth-order valence-electron chi connectivity index (χ4n) is 2.07. The molecule has 16 heavy (non-hydrogen) atoms. The van der Waals surface area contributed by atoms with E-state index < -0.39 is 5.97 Å². The van der Waals surface area contributed by atoms with Gasteiger partial charge < -0.3 is 9.84 Å². The first-order valence-electron chi connectivity index (χ1n) is 5.41. The van der Waals surface area contributed by atoms with Crippen molar-refractivity contribution in [3.8, 4) is 6.07 Å². The summed E-state index contributed by atoms with van der Waals surface area (Å²) in [7, 11) is 0. The molecular formula is C12H17NO3. The number of ether oxygens (including phenoxy) is 1. The van der Waals surface area contributed by atoms with Crippen molar-refractivity contribution in [1.29, 1.82) is 5.26 Å². The van der Waals surface area contributed by atoms with Crippen molar-refractivity contribution >= 4 is 5.97 Å². The van der Waals surface area contributed by atoms with Crippen molar-refractivity contribution in [2.75, 3.05) is 13.2 Å². The third-order valence-electron chi connectivity index (χ3n) is 3.14. The lowest BCUT2D eigenvalue weighted by Crippen LogP contribution is -2.29. The highest BCUT2D eigenvalue weighted by Crippen LogP contribution is 2.36. The summed E-state index contributed by atoms with van der Waals surface area (Å²) in [5, 5.41) is 17.6. The van der Waals surface area contributed by atoms with Crippen LogP contribution in [-0.2, 0) is 9.53 Å². The van der Waals surface area contributed by atoms with E-state index in [1.807, 2.05) is 13.8 Å². The summed E-state index contributed by atoms with van der Waals surface area (Å²) in [6.45, 7) is 5.39. The fraction of sp³-hybridized carbons (Fsp3) is 0.667. The van der Waals surface area contributed by atoms with Gasteiger partial charge in [-0.05, 0) is 24.2 Å². The molecule has 0 saturated carbocycles. The van der Waals surface area contributed by atoms with Crippen molar-refractivity contribution in [3.05, 3.63) is 11.6 Å². The zero-order valence-corrected chi connectivity index (χ0v) is 9.69. The first-order valence-corrected chi connectivity index (χ1v) is 5.41. The maximum Gasteiger partial charge on any atom is 0.346 e. The van der Waals surface area contributed by atoms with Gasteiger partial charge in [0.1, 0.15) is 11.6 Å². The molecule has 4 nitrogen and oxygen atoms in total. The number of carbonyl (C=O) groups is 1. The highest BCUT2D eigenvalue weighted by Gasteiger charge is 2.30. The monoisotopic (exact) mass is 223 g/mol. The number of nitrogens with zero attached hydrogens (tertiary/aromatic N) is 1. The zero-order chi connectivity index (χ0) is 12.2. The van der Waals surface area contributed by atoms with Gasteiger partial charge in [0, 0.05) is 13.2 Å². The summed E-state index contributed by atoms with van der Waals surface area (Å²) in [5.41, 5.74) is -0.441. The van der Waals surface area contributed by atoms with E-state index in [1.54, 1.807) is 12.1 Å².